The van der Waals surface area contributed by atoms with Gasteiger partial charge in [0.25, 0.3) is 0 Å². The SMILES string of the molecule is COCOCC(CCCc1ccc(Sc2cccc(C)c2)cc1Cl)(CC(C)C)NC(=O)OC. The number of ether oxygens (including phenoxy) is 3. The van der Waals surface area contributed by atoms with Gasteiger partial charge in [-0.15, -0.1) is 0 Å². The van der Waals surface area contributed by atoms with E-state index in [9.17, 15) is 4.79 Å². The van der Waals surface area contributed by atoms with Crippen LogP contribution in [0.25, 0.3) is 0 Å². The van der Waals surface area contributed by atoms with E-state index in [-0.39, 0.29) is 6.79 Å². The number of aryl methyl sites for hydroxylation is 2. The van der Waals surface area contributed by atoms with Crippen molar-refractivity contribution >= 4 is 29.5 Å². The number of carbonyl (C=O) groups excluding carboxylic acids is 1. The smallest absolute Gasteiger partial charge is 0.407 e. The van der Waals surface area contributed by atoms with E-state index in [1.165, 1.54) is 17.6 Å². The van der Waals surface area contributed by atoms with E-state index in [4.69, 9.17) is 25.8 Å². The van der Waals surface area contributed by atoms with Gasteiger partial charge >= 0.3 is 6.09 Å². The topological polar surface area (TPSA) is 56.8 Å². The molecule has 1 unspecified atom stereocenters. The Morgan fingerprint density at radius 1 is 1.15 bits per heavy atom. The van der Waals surface area contributed by atoms with E-state index in [0.717, 1.165) is 41.2 Å². The highest BCUT2D eigenvalue weighted by atomic mass is 35.5. The third-order valence-corrected chi connectivity index (χ3v) is 6.61. The van der Waals surface area contributed by atoms with Crippen LogP contribution in [0.2, 0.25) is 5.02 Å². The Balaban J connectivity index is 2.06. The first kappa shape index (κ1) is 27.5. The summed E-state index contributed by atoms with van der Waals surface area (Å²) in [6.07, 6.45) is 2.71. The fourth-order valence-corrected chi connectivity index (χ4v) is 5.29. The molecule has 33 heavy (non-hydrogen) atoms. The highest BCUT2D eigenvalue weighted by Crippen LogP contribution is 2.32. The van der Waals surface area contributed by atoms with E-state index in [1.807, 2.05) is 6.07 Å². The van der Waals surface area contributed by atoms with Gasteiger partial charge in [0, 0.05) is 21.9 Å². The molecule has 0 saturated carbocycles. The molecule has 1 N–H and O–H groups in total. The predicted molar refractivity (Wildman–Crippen MR) is 135 cm³/mol. The van der Waals surface area contributed by atoms with E-state index < -0.39 is 11.6 Å². The number of amides is 1. The van der Waals surface area contributed by atoms with Crippen molar-refractivity contribution in [3.8, 4) is 0 Å². The molecule has 5 nitrogen and oxygen atoms in total. The molecule has 182 valence electrons. The quantitative estimate of drug-likeness (QED) is 0.243. The van der Waals surface area contributed by atoms with Crippen molar-refractivity contribution in [2.45, 2.75) is 61.8 Å². The first-order valence-electron chi connectivity index (χ1n) is 11.2. The van der Waals surface area contributed by atoms with Gasteiger partial charge in [-0.1, -0.05) is 61.0 Å². The number of halogens is 1. The zero-order chi connectivity index (χ0) is 24.3. The molecule has 0 bridgehead atoms. The van der Waals surface area contributed by atoms with Gasteiger partial charge in [-0.25, -0.2) is 4.79 Å². The molecule has 2 aromatic rings. The number of hydrogen-bond donors (Lipinski definition) is 1. The molecule has 0 radical (unpaired) electrons. The Hall–Kier alpha value is -1.73. The summed E-state index contributed by atoms with van der Waals surface area (Å²) in [4.78, 5) is 14.4. The van der Waals surface area contributed by atoms with Gasteiger partial charge in [-0.2, -0.15) is 0 Å². The third kappa shape index (κ3) is 9.57. The molecule has 0 aliphatic rings. The van der Waals surface area contributed by atoms with Gasteiger partial charge in [-0.3, -0.25) is 0 Å². The van der Waals surface area contributed by atoms with Crippen molar-refractivity contribution in [3.05, 3.63) is 58.6 Å². The zero-order valence-electron chi connectivity index (χ0n) is 20.3. The maximum atomic E-state index is 12.1. The maximum absolute atomic E-state index is 12.1. The number of alkyl carbamates (subject to hydrolysis) is 1. The molecule has 0 heterocycles. The fourth-order valence-electron chi connectivity index (χ4n) is 3.98. The zero-order valence-corrected chi connectivity index (χ0v) is 21.9. The Bertz CT molecular complexity index is 892. The van der Waals surface area contributed by atoms with Crippen molar-refractivity contribution in [2.75, 3.05) is 27.6 Å². The van der Waals surface area contributed by atoms with Crippen molar-refractivity contribution in [2.24, 2.45) is 5.92 Å². The van der Waals surface area contributed by atoms with Crippen LogP contribution < -0.4 is 5.32 Å². The largest absolute Gasteiger partial charge is 0.453 e. The Labute approximate surface area is 207 Å². The highest BCUT2D eigenvalue weighted by Gasteiger charge is 2.33. The minimum absolute atomic E-state index is 0.175. The first-order chi connectivity index (χ1) is 15.8. The van der Waals surface area contributed by atoms with Crippen LogP contribution in [0.5, 0.6) is 0 Å². The standard InChI is InChI=1S/C26H36ClNO4S/c1-19(2)16-26(17-32-18-30-4,28-25(29)31-5)13-7-9-21-11-12-23(15-24(21)27)33-22-10-6-8-20(3)14-22/h6,8,10-12,14-15,19H,7,9,13,16-18H2,1-5H3,(H,28,29). The summed E-state index contributed by atoms with van der Waals surface area (Å²) in [7, 11) is 2.96. The van der Waals surface area contributed by atoms with Gasteiger partial charge in [0.2, 0.25) is 0 Å². The molecule has 0 aromatic heterocycles. The lowest BCUT2D eigenvalue weighted by molar-refractivity contribution is -0.0575. The van der Waals surface area contributed by atoms with E-state index in [1.54, 1.807) is 18.9 Å². The molecule has 1 atom stereocenters. The highest BCUT2D eigenvalue weighted by molar-refractivity contribution is 7.99. The number of hydrogen-bond acceptors (Lipinski definition) is 5. The van der Waals surface area contributed by atoms with Gasteiger partial charge in [0.05, 0.1) is 19.3 Å². The maximum Gasteiger partial charge on any atom is 0.407 e. The molecule has 0 fully saturated rings. The van der Waals surface area contributed by atoms with Crippen molar-refractivity contribution in [1.82, 2.24) is 5.32 Å². The van der Waals surface area contributed by atoms with E-state index >= 15 is 0 Å². The predicted octanol–water partition coefficient (Wildman–Crippen LogP) is 6.88. The lowest BCUT2D eigenvalue weighted by atomic mass is 9.84. The van der Waals surface area contributed by atoms with Crippen LogP contribution in [0.3, 0.4) is 0 Å². The molecule has 0 aliphatic heterocycles. The first-order valence-corrected chi connectivity index (χ1v) is 12.4. The van der Waals surface area contributed by atoms with Crippen molar-refractivity contribution < 1.29 is 19.0 Å². The second-order valence-corrected chi connectivity index (χ2v) is 10.3. The van der Waals surface area contributed by atoms with Crippen molar-refractivity contribution in [3.63, 3.8) is 0 Å². The summed E-state index contributed by atoms with van der Waals surface area (Å²) in [5.74, 6) is 0.370. The lowest BCUT2D eigenvalue weighted by Gasteiger charge is -2.35. The lowest BCUT2D eigenvalue weighted by Crippen LogP contribution is -2.53. The monoisotopic (exact) mass is 493 g/mol. The minimum atomic E-state index is -0.534. The third-order valence-electron chi connectivity index (χ3n) is 5.28. The van der Waals surface area contributed by atoms with Crippen LogP contribution >= 0.6 is 23.4 Å². The molecular formula is C26H36ClNO4S. The second-order valence-electron chi connectivity index (χ2n) is 8.78. The summed E-state index contributed by atoms with van der Waals surface area (Å²) in [5, 5.41) is 3.80. The van der Waals surface area contributed by atoms with Crippen LogP contribution in [-0.2, 0) is 20.6 Å². The number of benzene rings is 2. The van der Waals surface area contributed by atoms with Crippen LogP contribution in [0, 0.1) is 12.8 Å². The number of carbonyl (C=O) groups is 1. The summed E-state index contributed by atoms with van der Waals surface area (Å²) < 4.78 is 15.6. The van der Waals surface area contributed by atoms with Crippen LogP contribution in [0.1, 0.15) is 44.2 Å². The van der Waals surface area contributed by atoms with Gasteiger partial charge in [0.15, 0.2) is 0 Å². The van der Waals surface area contributed by atoms with Crippen LogP contribution in [0.15, 0.2) is 52.3 Å². The van der Waals surface area contributed by atoms with Crippen LogP contribution in [0.4, 0.5) is 4.79 Å². The molecule has 0 saturated heterocycles. The van der Waals surface area contributed by atoms with Gasteiger partial charge < -0.3 is 19.5 Å². The van der Waals surface area contributed by atoms with Crippen LogP contribution in [-0.4, -0.2) is 39.3 Å². The minimum Gasteiger partial charge on any atom is -0.453 e. The normalized spacial score (nSPS) is 13.1. The van der Waals surface area contributed by atoms with Gasteiger partial charge in [0.1, 0.15) is 6.79 Å². The Morgan fingerprint density at radius 2 is 1.91 bits per heavy atom. The summed E-state index contributed by atoms with van der Waals surface area (Å²) in [6, 6.07) is 14.7. The van der Waals surface area contributed by atoms with E-state index in [0.29, 0.717) is 12.5 Å². The Kier molecular flexibility index (Phi) is 11.5. The van der Waals surface area contributed by atoms with Crippen molar-refractivity contribution in [1.29, 1.82) is 0 Å². The number of nitrogens with one attached hydrogen (secondary N) is 1. The number of methoxy groups -OCH3 is 2. The molecule has 0 aliphatic carbocycles. The average molecular weight is 494 g/mol. The fraction of sp³-hybridized carbons (Fsp3) is 0.500. The van der Waals surface area contributed by atoms with E-state index in [2.05, 4.69) is 62.5 Å². The number of rotatable bonds is 13. The second kappa shape index (κ2) is 13.9. The molecule has 2 rings (SSSR count). The Morgan fingerprint density at radius 3 is 2.55 bits per heavy atom. The molecule has 7 heteroatoms. The molecule has 1 amide bonds. The van der Waals surface area contributed by atoms with Gasteiger partial charge in [-0.05, 0) is 68.4 Å². The molecule has 0 spiro atoms. The summed E-state index contributed by atoms with van der Waals surface area (Å²) >= 11 is 8.33. The average Bonchev–Trinajstić information content (AvgIpc) is 2.75. The summed E-state index contributed by atoms with van der Waals surface area (Å²) in [5.41, 5.74) is 1.80. The summed E-state index contributed by atoms with van der Waals surface area (Å²) in [6.45, 7) is 6.88. The molecular weight excluding hydrogens is 458 g/mol. The molecule has 2 aromatic carbocycles.